The smallest absolute Gasteiger partial charge is 0.496 e. The van der Waals surface area contributed by atoms with E-state index in [1.807, 2.05) is 0 Å². The zero-order valence-corrected chi connectivity index (χ0v) is 45.5. The van der Waals surface area contributed by atoms with E-state index >= 15 is 0 Å². The van der Waals surface area contributed by atoms with Crippen molar-refractivity contribution in [1.82, 2.24) is 0 Å². The predicted octanol–water partition coefficient (Wildman–Crippen LogP) is 8.28. The lowest BCUT2D eigenvalue weighted by atomic mass is 9.79. The maximum Gasteiger partial charge on any atom is 0.549 e. The van der Waals surface area contributed by atoms with Crippen LogP contribution in [-0.2, 0) is 72.6 Å². The lowest BCUT2D eigenvalue weighted by Gasteiger charge is -2.32. The fourth-order valence-corrected chi connectivity index (χ4v) is 7.37. The van der Waals surface area contributed by atoms with Crippen molar-refractivity contribution >= 4 is 60.6 Å². The highest BCUT2D eigenvalue weighted by atomic mass is 17.3. The highest BCUT2D eigenvalue weighted by Crippen LogP contribution is 2.31. The quantitative estimate of drug-likeness (QED) is 0.0242. The first kappa shape index (κ1) is 64.6. The summed E-state index contributed by atoms with van der Waals surface area (Å²) >= 11 is 0. The number of ether oxygens (including phenoxy) is 10. The molecule has 0 aliphatic carbocycles. The van der Waals surface area contributed by atoms with Crippen molar-refractivity contribution in [2.24, 2.45) is 17.8 Å². The second-order valence-electron chi connectivity index (χ2n) is 16.4. The Morgan fingerprint density at radius 3 is 0.729 bits per heavy atom. The molecule has 2 unspecified atom stereocenters. The van der Waals surface area contributed by atoms with Gasteiger partial charge in [0.1, 0.15) is 56.6 Å². The van der Waals surface area contributed by atoms with Gasteiger partial charge in [0.15, 0.2) is 0 Å². The summed E-state index contributed by atoms with van der Waals surface area (Å²) in [6.45, 7) is -4.22. The van der Waals surface area contributed by atoms with Crippen LogP contribution in [0.3, 0.4) is 0 Å². The Balaban J connectivity index is 1.43. The molecule has 0 radical (unpaired) electrons. The number of hydrogen-bond donors (Lipinski definition) is 0. The number of hydrogen-bond acceptors (Lipinski definition) is 30. The molecular formula is C55H52O30. The minimum Gasteiger partial charge on any atom is -0.496 e. The van der Waals surface area contributed by atoms with E-state index in [0.29, 0.717) is 0 Å². The Bertz CT molecular complexity index is 2940. The third kappa shape index (κ3) is 20.4. The van der Waals surface area contributed by atoms with Gasteiger partial charge in [-0.1, -0.05) is 60.7 Å². The van der Waals surface area contributed by atoms with Gasteiger partial charge >= 0.3 is 60.6 Å². The zero-order valence-electron chi connectivity index (χ0n) is 45.5. The van der Waals surface area contributed by atoms with Crippen LogP contribution in [0.1, 0.15) is 64.6 Å². The van der Waals surface area contributed by atoms with Crippen LogP contribution in [0.15, 0.2) is 121 Å². The summed E-state index contributed by atoms with van der Waals surface area (Å²) in [5.41, 5.74) is -0.842. The molecule has 5 rings (SSSR count). The third-order valence-corrected chi connectivity index (χ3v) is 11.4. The van der Waals surface area contributed by atoms with Crippen molar-refractivity contribution in [3.63, 3.8) is 0 Å². The van der Waals surface area contributed by atoms with E-state index in [4.69, 9.17) is 47.4 Å². The van der Waals surface area contributed by atoms with Gasteiger partial charge in [-0.15, -0.1) is 0 Å². The Hall–Kier alpha value is -11.2. The molecule has 85 heavy (non-hydrogen) atoms. The van der Waals surface area contributed by atoms with E-state index in [2.05, 4.69) is 48.9 Å². The van der Waals surface area contributed by atoms with E-state index in [1.165, 1.54) is 145 Å². The van der Waals surface area contributed by atoms with Crippen molar-refractivity contribution in [2.45, 2.75) is 12.8 Å². The summed E-state index contributed by atoms with van der Waals surface area (Å²) in [6, 6.07) is 28.5. The van der Waals surface area contributed by atoms with Crippen LogP contribution >= 0.6 is 0 Å². The average molecular weight is 1190 g/mol. The van der Waals surface area contributed by atoms with Gasteiger partial charge in [-0.25, -0.2) is 72.8 Å². The van der Waals surface area contributed by atoms with Crippen LogP contribution in [-0.4, -0.2) is 129 Å². The van der Waals surface area contributed by atoms with Gasteiger partial charge in [0.2, 0.25) is 0 Å². The lowest BCUT2D eigenvalue weighted by Crippen LogP contribution is -2.37. The van der Waals surface area contributed by atoms with Gasteiger partial charge in [0.25, 0.3) is 0 Å². The van der Waals surface area contributed by atoms with E-state index < -0.39 is 124 Å². The van der Waals surface area contributed by atoms with E-state index in [1.54, 1.807) is 12.1 Å². The average Bonchev–Trinajstić information content (AvgIpc) is 3.60. The highest BCUT2D eigenvalue weighted by Gasteiger charge is 2.36. The summed E-state index contributed by atoms with van der Waals surface area (Å²) < 4.78 is 51.9. The summed E-state index contributed by atoms with van der Waals surface area (Å²) in [5, 5.41) is 0. The predicted molar refractivity (Wildman–Crippen MR) is 274 cm³/mol. The Labute approximate surface area is 480 Å². The summed E-state index contributed by atoms with van der Waals surface area (Å²) in [5.74, 6) is -10.0. The minimum absolute atomic E-state index is 0.0257. The number of para-hydroxylation sites is 5. The van der Waals surface area contributed by atoms with Gasteiger partial charge in [-0.3, -0.25) is 0 Å². The van der Waals surface area contributed by atoms with Crippen LogP contribution in [0.25, 0.3) is 0 Å². The number of benzene rings is 5. The third-order valence-electron chi connectivity index (χ3n) is 11.4. The first-order valence-corrected chi connectivity index (χ1v) is 24.5. The highest BCUT2D eigenvalue weighted by molar-refractivity contribution is 5.94. The molecule has 30 heteroatoms. The molecule has 0 N–H and O–H groups in total. The Morgan fingerprint density at radius 1 is 0.282 bits per heavy atom. The molecule has 0 spiro atoms. The van der Waals surface area contributed by atoms with Gasteiger partial charge in [0, 0.05) is 17.8 Å². The van der Waals surface area contributed by atoms with Crippen LogP contribution in [0.2, 0.25) is 0 Å². The lowest BCUT2D eigenvalue weighted by molar-refractivity contribution is -0.210. The normalized spacial score (nSPS) is 11.3. The van der Waals surface area contributed by atoms with Crippen LogP contribution in [0.5, 0.6) is 28.7 Å². The van der Waals surface area contributed by atoms with Gasteiger partial charge in [-0.2, -0.15) is 24.0 Å². The molecule has 452 valence electrons. The molecule has 5 aromatic rings. The number of carbonyl (C=O) groups is 10. The fourth-order valence-electron chi connectivity index (χ4n) is 7.37. The van der Waals surface area contributed by atoms with Crippen molar-refractivity contribution in [1.29, 1.82) is 0 Å². The van der Waals surface area contributed by atoms with Crippen LogP contribution in [0.4, 0.5) is 24.0 Å². The largest absolute Gasteiger partial charge is 0.549 e. The second kappa shape index (κ2) is 34.2. The molecular weight excluding hydrogens is 1140 g/mol. The Kier molecular flexibility index (Phi) is 26.0. The van der Waals surface area contributed by atoms with Crippen molar-refractivity contribution in [3.8, 4) is 28.7 Å². The molecule has 2 atom stereocenters. The van der Waals surface area contributed by atoms with Crippen molar-refractivity contribution < 1.29 is 144 Å². The molecule has 0 fully saturated rings. The maximum absolute atomic E-state index is 13.2. The van der Waals surface area contributed by atoms with E-state index in [0.717, 1.165) is 0 Å². The fraction of sp³-hybridized carbons (Fsp3) is 0.273. The molecule has 0 aliphatic heterocycles. The van der Waals surface area contributed by atoms with Crippen molar-refractivity contribution in [2.75, 3.05) is 68.6 Å². The van der Waals surface area contributed by atoms with E-state index in [9.17, 15) is 47.9 Å². The van der Waals surface area contributed by atoms with Gasteiger partial charge in [0.05, 0.1) is 68.6 Å². The topological polar surface area (TPSA) is 355 Å². The first-order valence-electron chi connectivity index (χ1n) is 24.5. The molecule has 0 heterocycles. The maximum atomic E-state index is 13.2. The molecule has 0 bridgehead atoms. The van der Waals surface area contributed by atoms with E-state index in [-0.39, 0.29) is 56.6 Å². The molecule has 0 aromatic heterocycles. The van der Waals surface area contributed by atoms with Crippen LogP contribution < -0.4 is 23.7 Å². The molecule has 0 aliphatic rings. The molecule has 5 aromatic carbocycles. The molecule has 30 nitrogen and oxygen atoms in total. The van der Waals surface area contributed by atoms with Crippen LogP contribution in [0, 0.1) is 17.8 Å². The molecule has 0 amide bonds. The van der Waals surface area contributed by atoms with Crippen molar-refractivity contribution in [3.05, 3.63) is 149 Å². The van der Waals surface area contributed by atoms with Gasteiger partial charge < -0.3 is 47.4 Å². The second-order valence-corrected chi connectivity index (χ2v) is 16.4. The summed E-state index contributed by atoms with van der Waals surface area (Å²) in [4.78, 5) is 176. The Morgan fingerprint density at radius 2 is 0.494 bits per heavy atom. The number of methoxy groups -OCH3 is 5. The molecule has 0 saturated carbocycles. The summed E-state index contributed by atoms with van der Waals surface area (Å²) in [6.07, 6.45) is -9.29. The minimum atomic E-state index is -1.70. The first-order chi connectivity index (χ1) is 41.1. The number of rotatable bonds is 24. The summed E-state index contributed by atoms with van der Waals surface area (Å²) in [7, 11) is 6.30. The monoisotopic (exact) mass is 1190 g/mol. The van der Waals surface area contributed by atoms with Gasteiger partial charge in [-0.05, 0) is 73.5 Å². The zero-order chi connectivity index (χ0) is 61.5. The number of carbonyl (C=O) groups excluding carboxylic acids is 10. The molecule has 0 saturated heterocycles. The SMILES string of the molecule is COc1ccccc1C(=O)OOC(=O)OCCC(COC(=O)OOC(=O)c1ccccc1OC)C(COC(=O)OOC(=O)c1ccccc1OC)C(CCOC(=O)OOC(=O)c1ccccc1OC)COC(=O)OOC(=O)c1ccccc1OC. The standard InChI is InChI=1S/C55H52O30/c1-66-41-21-11-6-16-35(41)46(56)76-81-51(61)71-28-26-33(30-73-53(63)83-78-48(58)37-18-8-13-23-43(37)68-3)40(32-75-55(65)85-80-50(60)39-20-10-15-25-45(39)70-5)34(31-74-54(64)84-79-49(59)38-19-9-14-24-44(38)69-4)27-29-72-52(62)82-77-47(57)36-17-7-12-22-42(36)67-2/h6-25,33-34,40H,26-32H2,1-5H3.